The summed E-state index contributed by atoms with van der Waals surface area (Å²) in [5.41, 5.74) is 1.79. The highest BCUT2D eigenvalue weighted by Crippen LogP contribution is 2.22. The molecule has 1 fully saturated rings. The normalized spacial score (nSPS) is 14.2. The molecule has 8 nitrogen and oxygen atoms in total. The molecule has 0 saturated carbocycles. The number of rotatable bonds is 6. The summed E-state index contributed by atoms with van der Waals surface area (Å²) in [5, 5.41) is 4.03. The Morgan fingerprint density at radius 2 is 1.97 bits per heavy atom. The molecule has 0 radical (unpaired) electrons. The zero-order valence-electron chi connectivity index (χ0n) is 18.1. The summed E-state index contributed by atoms with van der Waals surface area (Å²) >= 11 is 0. The lowest BCUT2D eigenvalue weighted by atomic mass is 10.1. The van der Waals surface area contributed by atoms with E-state index in [0.29, 0.717) is 31.2 Å². The minimum atomic E-state index is 0.134. The van der Waals surface area contributed by atoms with Gasteiger partial charge in [-0.25, -0.2) is 4.98 Å². The molecule has 3 aromatic rings. The third-order valence-corrected chi connectivity index (χ3v) is 5.39. The summed E-state index contributed by atoms with van der Waals surface area (Å²) in [7, 11) is 1.63. The van der Waals surface area contributed by atoms with Crippen molar-refractivity contribution in [3.63, 3.8) is 0 Å². The highest BCUT2D eigenvalue weighted by Gasteiger charge is 2.22. The van der Waals surface area contributed by atoms with E-state index < -0.39 is 0 Å². The van der Waals surface area contributed by atoms with Crippen molar-refractivity contribution < 1.29 is 14.1 Å². The van der Waals surface area contributed by atoms with Crippen molar-refractivity contribution in [2.45, 2.75) is 26.2 Å². The summed E-state index contributed by atoms with van der Waals surface area (Å²) in [6, 6.07) is 11.6. The van der Waals surface area contributed by atoms with Crippen LogP contribution in [0.25, 0.3) is 11.4 Å². The van der Waals surface area contributed by atoms with Crippen LogP contribution in [0.3, 0.4) is 0 Å². The van der Waals surface area contributed by atoms with Gasteiger partial charge < -0.3 is 19.1 Å². The van der Waals surface area contributed by atoms with Crippen LogP contribution in [0.4, 0.5) is 5.82 Å². The van der Waals surface area contributed by atoms with Crippen LogP contribution < -0.4 is 9.64 Å². The van der Waals surface area contributed by atoms with Gasteiger partial charge in [0.25, 0.3) is 0 Å². The lowest BCUT2D eigenvalue weighted by Crippen LogP contribution is -2.49. The molecular weight excluding hydrogens is 394 g/mol. The molecule has 1 aromatic carbocycles. The van der Waals surface area contributed by atoms with E-state index in [1.165, 1.54) is 0 Å². The van der Waals surface area contributed by atoms with Gasteiger partial charge in [0.15, 0.2) is 0 Å². The second kappa shape index (κ2) is 9.16. The molecule has 1 saturated heterocycles. The smallest absolute Gasteiger partial charge is 0.229 e. The van der Waals surface area contributed by atoms with Crippen LogP contribution in [0.5, 0.6) is 5.75 Å². The molecule has 0 unspecified atom stereocenters. The minimum absolute atomic E-state index is 0.134. The number of carbonyl (C=O) groups is 1. The van der Waals surface area contributed by atoms with Gasteiger partial charge in [0, 0.05) is 43.9 Å². The van der Waals surface area contributed by atoms with Crippen molar-refractivity contribution in [2.24, 2.45) is 0 Å². The van der Waals surface area contributed by atoms with Gasteiger partial charge in [0.2, 0.25) is 17.6 Å². The summed E-state index contributed by atoms with van der Waals surface area (Å²) in [5.74, 6) is 3.15. The lowest BCUT2D eigenvalue weighted by Gasteiger charge is -2.35. The Labute approximate surface area is 181 Å². The molecule has 0 atom stereocenters. The summed E-state index contributed by atoms with van der Waals surface area (Å²) in [6.07, 6.45) is 2.15. The largest absolute Gasteiger partial charge is 0.497 e. The molecule has 1 amide bonds. The van der Waals surface area contributed by atoms with E-state index >= 15 is 0 Å². The predicted molar refractivity (Wildman–Crippen MR) is 117 cm³/mol. The highest BCUT2D eigenvalue weighted by atomic mass is 16.5. The van der Waals surface area contributed by atoms with E-state index in [-0.39, 0.29) is 11.8 Å². The van der Waals surface area contributed by atoms with Gasteiger partial charge in [0.1, 0.15) is 11.6 Å². The van der Waals surface area contributed by atoms with Crippen molar-refractivity contribution in [3.05, 3.63) is 54.0 Å². The molecule has 8 heteroatoms. The number of hydrogen-bond acceptors (Lipinski definition) is 7. The molecule has 31 heavy (non-hydrogen) atoms. The Morgan fingerprint density at radius 3 is 2.61 bits per heavy atom. The fourth-order valence-electron chi connectivity index (χ4n) is 3.55. The maximum absolute atomic E-state index is 12.7. The second-order valence-corrected chi connectivity index (χ2v) is 7.91. The Hall–Kier alpha value is -3.42. The zero-order valence-corrected chi connectivity index (χ0v) is 18.1. The number of benzene rings is 1. The zero-order chi connectivity index (χ0) is 21.8. The molecule has 0 aliphatic carbocycles. The van der Waals surface area contributed by atoms with Crippen molar-refractivity contribution in [1.29, 1.82) is 0 Å². The van der Waals surface area contributed by atoms with Gasteiger partial charge in [-0.1, -0.05) is 31.1 Å². The van der Waals surface area contributed by atoms with E-state index in [4.69, 9.17) is 9.26 Å². The first-order chi connectivity index (χ1) is 15.0. The number of amides is 1. The monoisotopic (exact) mass is 421 g/mol. The molecule has 0 bridgehead atoms. The number of carbonyl (C=O) groups excluding carboxylic acids is 1. The van der Waals surface area contributed by atoms with E-state index in [1.54, 1.807) is 13.3 Å². The predicted octanol–water partition coefficient (Wildman–Crippen LogP) is 3.15. The molecule has 1 aliphatic heterocycles. The molecule has 4 rings (SSSR count). The molecule has 0 N–H and O–H groups in total. The van der Waals surface area contributed by atoms with Crippen molar-refractivity contribution in [3.8, 4) is 17.1 Å². The van der Waals surface area contributed by atoms with Crippen LogP contribution in [-0.2, 0) is 11.2 Å². The van der Waals surface area contributed by atoms with E-state index in [0.717, 1.165) is 35.8 Å². The van der Waals surface area contributed by atoms with Crippen LogP contribution >= 0.6 is 0 Å². The number of piperazine rings is 1. The third kappa shape index (κ3) is 4.84. The lowest BCUT2D eigenvalue weighted by molar-refractivity contribution is -0.130. The summed E-state index contributed by atoms with van der Waals surface area (Å²) in [6.45, 7) is 6.87. The van der Waals surface area contributed by atoms with E-state index in [2.05, 4.69) is 20.0 Å². The highest BCUT2D eigenvalue weighted by molar-refractivity contribution is 5.79. The topological polar surface area (TPSA) is 84.6 Å². The number of nitrogens with zero attached hydrogens (tertiary/aromatic N) is 5. The summed E-state index contributed by atoms with van der Waals surface area (Å²) in [4.78, 5) is 25.8. The van der Waals surface area contributed by atoms with Crippen LogP contribution in [0.15, 0.2) is 47.1 Å². The van der Waals surface area contributed by atoms with Crippen LogP contribution in [-0.4, -0.2) is 59.2 Å². The molecule has 162 valence electrons. The van der Waals surface area contributed by atoms with Crippen LogP contribution in [0.1, 0.15) is 31.2 Å². The second-order valence-electron chi connectivity index (χ2n) is 7.91. The molecule has 3 heterocycles. The van der Waals surface area contributed by atoms with Gasteiger partial charge in [-0.15, -0.1) is 0 Å². The fourth-order valence-corrected chi connectivity index (χ4v) is 3.55. The SMILES string of the molecule is COc1cccc(CC(=O)N2CCN(c3ccc(-c4noc(C(C)C)n4)cn3)CC2)c1. The fraction of sp³-hybridized carbons (Fsp3) is 0.391. The first-order valence-corrected chi connectivity index (χ1v) is 10.5. The average molecular weight is 422 g/mol. The standard InChI is InChI=1S/C23H27N5O3/c1-16(2)23-25-22(26-31-23)18-7-8-20(24-15-18)27-9-11-28(12-10-27)21(29)14-17-5-4-6-19(13-17)30-3/h4-8,13,15-16H,9-12,14H2,1-3H3. The quantitative estimate of drug-likeness (QED) is 0.604. The van der Waals surface area contributed by atoms with E-state index in [1.807, 2.05) is 55.1 Å². The van der Waals surface area contributed by atoms with Gasteiger partial charge in [-0.3, -0.25) is 4.79 Å². The number of aromatic nitrogens is 3. The van der Waals surface area contributed by atoms with Crippen molar-refractivity contribution in [2.75, 3.05) is 38.2 Å². The number of anilines is 1. The van der Waals surface area contributed by atoms with Gasteiger partial charge in [-0.05, 0) is 29.8 Å². The molecular formula is C23H27N5O3. The Morgan fingerprint density at radius 1 is 1.16 bits per heavy atom. The number of ether oxygens (including phenoxy) is 1. The van der Waals surface area contributed by atoms with E-state index in [9.17, 15) is 4.79 Å². The average Bonchev–Trinajstić information content (AvgIpc) is 3.30. The van der Waals surface area contributed by atoms with Gasteiger partial charge >= 0.3 is 0 Å². The Balaban J connectivity index is 1.33. The summed E-state index contributed by atoms with van der Waals surface area (Å²) < 4.78 is 10.5. The number of pyridine rings is 1. The molecule has 1 aliphatic rings. The maximum atomic E-state index is 12.7. The van der Waals surface area contributed by atoms with Crippen LogP contribution in [0, 0.1) is 0 Å². The van der Waals surface area contributed by atoms with Crippen molar-refractivity contribution >= 4 is 11.7 Å². The van der Waals surface area contributed by atoms with Gasteiger partial charge in [-0.2, -0.15) is 4.98 Å². The van der Waals surface area contributed by atoms with Crippen LogP contribution in [0.2, 0.25) is 0 Å². The molecule has 2 aromatic heterocycles. The Bertz CT molecular complexity index is 1020. The van der Waals surface area contributed by atoms with Crippen molar-refractivity contribution in [1.82, 2.24) is 20.0 Å². The number of hydrogen-bond donors (Lipinski definition) is 0. The Kier molecular flexibility index (Phi) is 6.16. The molecule has 0 spiro atoms. The first kappa shape index (κ1) is 20.8. The minimum Gasteiger partial charge on any atom is -0.497 e. The maximum Gasteiger partial charge on any atom is 0.229 e. The van der Waals surface area contributed by atoms with Gasteiger partial charge in [0.05, 0.1) is 13.5 Å². The third-order valence-electron chi connectivity index (χ3n) is 5.39. The first-order valence-electron chi connectivity index (χ1n) is 10.5. The number of methoxy groups -OCH3 is 1.